The van der Waals surface area contributed by atoms with Gasteiger partial charge in [-0.3, -0.25) is 19.1 Å². The molecule has 1 aromatic rings. The molecule has 1 aliphatic rings. The summed E-state index contributed by atoms with van der Waals surface area (Å²) >= 11 is 0. The van der Waals surface area contributed by atoms with E-state index in [-0.39, 0.29) is 18.0 Å². The summed E-state index contributed by atoms with van der Waals surface area (Å²) < 4.78 is 16.6. The molecular weight excluding hydrogens is 362 g/mol. The number of hydrogen-bond donors (Lipinski definition) is 1. The summed E-state index contributed by atoms with van der Waals surface area (Å²) in [5, 5.41) is 13.4. The van der Waals surface area contributed by atoms with Crippen molar-refractivity contribution in [2.45, 2.75) is 19.9 Å². The molecule has 10 heteroatoms. The smallest absolute Gasteiger partial charge is 0.341 e. The van der Waals surface area contributed by atoms with E-state index in [1.165, 1.54) is 24.3 Å². The number of hydrogen-bond acceptors (Lipinski definition) is 6. The highest BCUT2D eigenvalue weighted by Crippen LogP contribution is 2.29. The number of benzene rings is 1. The Labute approximate surface area is 152 Å². The molecule has 0 saturated heterocycles. The van der Waals surface area contributed by atoms with Crippen molar-refractivity contribution in [3.63, 3.8) is 0 Å². The molecule has 3 unspecified atom stereocenters. The fourth-order valence-electron chi connectivity index (χ4n) is 2.57. The fourth-order valence-corrected chi connectivity index (χ4v) is 3.13. The van der Waals surface area contributed by atoms with Crippen molar-refractivity contribution in [1.29, 1.82) is 0 Å². The van der Waals surface area contributed by atoms with Crippen LogP contribution in [0.15, 0.2) is 29.3 Å². The highest BCUT2D eigenvalue weighted by Gasteiger charge is 2.38. The molecule has 0 radical (unpaired) electrons. The van der Waals surface area contributed by atoms with Gasteiger partial charge in [0.25, 0.3) is 5.69 Å². The van der Waals surface area contributed by atoms with Gasteiger partial charge < -0.3 is 10.1 Å². The van der Waals surface area contributed by atoms with Crippen molar-refractivity contribution < 1.29 is 23.5 Å². The second-order valence-corrected chi connectivity index (χ2v) is 7.47. The van der Waals surface area contributed by atoms with Crippen LogP contribution in [0.3, 0.4) is 0 Å². The average Bonchev–Trinajstić information content (AvgIpc) is 2.60. The molecule has 2 rings (SSSR count). The predicted molar refractivity (Wildman–Crippen MR) is 95.5 cm³/mol. The third-order valence-electron chi connectivity index (χ3n) is 3.93. The molecule has 0 spiro atoms. The van der Waals surface area contributed by atoms with E-state index in [4.69, 9.17) is 4.74 Å². The van der Waals surface area contributed by atoms with Gasteiger partial charge in [-0.2, -0.15) is 0 Å². The summed E-state index contributed by atoms with van der Waals surface area (Å²) in [6.45, 7) is 3.33. The van der Waals surface area contributed by atoms with Crippen LogP contribution in [0.25, 0.3) is 0 Å². The molecule has 1 aliphatic heterocycles. The maximum atomic E-state index is 12.5. The number of rotatable bonds is 7. The van der Waals surface area contributed by atoms with E-state index in [0.717, 1.165) is 0 Å². The molecule has 9 nitrogen and oxygen atoms in total. The molecule has 1 N–H and O–H groups in total. The average molecular weight is 381 g/mol. The first kappa shape index (κ1) is 19.7. The van der Waals surface area contributed by atoms with Crippen LogP contribution in [-0.4, -0.2) is 45.0 Å². The summed E-state index contributed by atoms with van der Waals surface area (Å²) in [5.41, 5.74) is 0.721. The number of nitro groups is 1. The zero-order valence-corrected chi connectivity index (χ0v) is 15.2. The van der Waals surface area contributed by atoms with Crippen molar-refractivity contribution in [3.05, 3.63) is 39.9 Å². The number of carbonyl (C=O) groups excluding carboxylic acids is 2. The molecule has 1 heterocycles. The van der Waals surface area contributed by atoms with Crippen LogP contribution >= 0.6 is 0 Å². The molecule has 0 aliphatic carbocycles. The topological polar surface area (TPSA) is 128 Å². The van der Waals surface area contributed by atoms with E-state index in [1.54, 1.807) is 13.8 Å². The number of ether oxygens (including phenoxy) is 1. The molecule has 0 fully saturated rings. The molecule has 1 aromatic carbocycles. The number of nitrogens with one attached hydrogen (secondary N) is 1. The Balaban J connectivity index is 2.20. The van der Waals surface area contributed by atoms with E-state index >= 15 is 0 Å². The second-order valence-electron chi connectivity index (χ2n) is 5.61. The zero-order chi connectivity index (χ0) is 19.3. The minimum Gasteiger partial charge on any atom is -0.464 e. The summed E-state index contributed by atoms with van der Waals surface area (Å²) in [5.74, 6) is -0.741. The number of esters is 1. The molecule has 2 amide bonds. The van der Waals surface area contributed by atoms with Gasteiger partial charge in [0.1, 0.15) is 12.5 Å². The maximum absolute atomic E-state index is 12.5. The normalized spacial score (nSPS) is 20.7. The lowest BCUT2D eigenvalue weighted by molar-refractivity contribution is -0.384. The quantitative estimate of drug-likeness (QED) is 0.435. The van der Waals surface area contributed by atoms with Gasteiger partial charge in [-0.15, -0.1) is 0 Å². The molecule has 0 aromatic heterocycles. The monoisotopic (exact) mass is 381 g/mol. The highest BCUT2D eigenvalue weighted by molar-refractivity contribution is 7.84. The van der Waals surface area contributed by atoms with Gasteiger partial charge in [0.2, 0.25) is 0 Å². The molecule has 0 bridgehead atoms. The summed E-state index contributed by atoms with van der Waals surface area (Å²) in [7, 11) is -1.06. The lowest BCUT2D eigenvalue weighted by atomic mass is 9.88. The third kappa shape index (κ3) is 4.72. The Morgan fingerprint density at radius 1 is 1.38 bits per heavy atom. The molecule has 26 heavy (non-hydrogen) atoms. The van der Waals surface area contributed by atoms with Gasteiger partial charge in [-0.25, -0.2) is 9.79 Å². The lowest BCUT2D eigenvalue weighted by Crippen LogP contribution is -2.44. The summed E-state index contributed by atoms with van der Waals surface area (Å²) in [4.78, 5) is 38.2. The first-order valence-corrected chi connectivity index (χ1v) is 9.44. The van der Waals surface area contributed by atoms with Gasteiger partial charge >= 0.3 is 12.0 Å². The number of carbonyl (C=O) groups is 2. The van der Waals surface area contributed by atoms with Crippen molar-refractivity contribution in [2.75, 3.05) is 18.1 Å². The number of nitro benzene ring substituents is 1. The van der Waals surface area contributed by atoms with Gasteiger partial charge in [-0.1, -0.05) is 19.1 Å². The highest BCUT2D eigenvalue weighted by atomic mass is 32.2. The molecule has 0 saturated carbocycles. The second kappa shape index (κ2) is 8.65. The van der Waals surface area contributed by atoms with Crippen LogP contribution in [0.1, 0.15) is 25.5 Å². The first-order valence-electron chi connectivity index (χ1n) is 7.95. The van der Waals surface area contributed by atoms with Gasteiger partial charge in [0.05, 0.1) is 16.7 Å². The predicted octanol–water partition coefficient (Wildman–Crippen LogP) is 1.75. The van der Waals surface area contributed by atoms with E-state index in [1.807, 2.05) is 0 Å². The standard InChI is InChI=1S/C16H19N3O6S/c1-3-26(24)9-8-25-15(20)13-10(2)17-16(21)18-14(13)11-4-6-12(7-5-11)19(22)23/h4-7,13-14H,3,8-9H2,1-2H3,(H,18,21). The Kier molecular flexibility index (Phi) is 6.56. The fraction of sp³-hybridized carbons (Fsp3) is 0.438. The number of amides is 2. The number of urea groups is 1. The van der Waals surface area contributed by atoms with Gasteiger partial charge in [0.15, 0.2) is 0 Å². The summed E-state index contributed by atoms with van der Waals surface area (Å²) in [6.07, 6.45) is 0. The van der Waals surface area contributed by atoms with Gasteiger partial charge in [-0.05, 0) is 12.5 Å². The van der Waals surface area contributed by atoms with E-state index in [2.05, 4.69) is 10.3 Å². The van der Waals surface area contributed by atoms with E-state index < -0.39 is 39.7 Å². The van der Waals surface area contributed by atoms with Crippen LogP contribution in [-0.2, 0) is 20.3 Å². The summed E-state index contributed by atoms with van der Waals surface area (Å²) in [6, 6.07) is 4.22. The number of aliphatic imine (C=N–C) groups is 1. The Morgan fingerprint density at radius 3 is 2.62 bits per heavy atom. The van der Waals surface area contributed by atoms with Crippen molar-refractivity contribution in [1.82, 2.24) is 5.32 Å². The molecular formula is C16H19N3O6S. The molecule has 3 atom stereocenters. The van der Waals surface area contributed by atoms with Crippen LogP contribution in [0, 0.1) is 16.0 Å². The van der Waals surface area contributed by atoms with Gasteiger partial charge in [0, 0.05) is 34.4 Å². The van der Waals surface area contributed by atoms with Crippen molar-refractivity contribution in [3.8, 4) is 0 Å². The number of non-ortho nitro benzene ring substituents is 1. The largest absolute Gasteiger partial charge is 0.464 e. The molecule has 140 valence electrons. The van der Waals surface area contributed by atoms with E-state index in [0.29, 0.717) is 17.0 Å². The van der Waals surface area contributed by atoms with Crippen LogP contribution in [0.2, 0.25) is 0 Å². The first-order chi connectivity index (χ1) is 12.3. The SMILES string of the molecule is CCS(=O)CCOC(=O)C1C(C)=NC(=O)NC1c1ccc([N+](=O)[O-])cc1. The van der Waals surface area contributed by atoms with Crippen molar-refractivity contribution >= 4 is 34.2 Å². The maximum Gasteiger partial charge on any atom is 0.341 e. The minimum atomic E-state index is -1.06. The lowest BCUT2D eigenvalue weighted by Gasteiger charge is -2.29. The van der Waals surface area contributed by atoms with E-state index in [9.17, 15) is 23.9 Å². The van der Waals surface area contributed by atoms with Crippen LogP contribution in [0.4, 0.5) is 10.5 Å². The Hall–Kier alpha value is -2.62. The van der Waals surface area contributed by atoms with Crippen LogP contribution < -0.4 is 5.32 Å². The number of nitrogens with zero attached hydrogens (tertiary/aromatic N) is 2. The minimum absolute atomic E-state index is 0.00396. The van der Waals surface area contributed by atoms with Crippen LogP contribution in [0.5, 0.6) is 0 Å². The Morgan fingerprint density at radius 2 is 2.04 bits per heavy atom. The van der Waals surface area contributed by atoms with Crippen molar-refractivity contribution in [2.24, 2.45) is 10.9 Å². The third-order valence-corrected chi connectivity index (χ3v) is 5.20. The Bertz CT molecular complexity index is 762. The zero-order valence-electron chi connectivity index (χ0n) is 14.3.